The van der Waals surface area contributed by atoms with Crippen LogP contribution in [0.25, 0.3) is 10.9 Å². The minimum Gasteiger partial charge on any atom is -0.487 e. The molecule has 0 unspecified atom stereocenters. The van der Waals surface area contributed by atoms with Crippen LogP contribution in [-0.2, 0) is 13.0 Å². The molecule has 5 rings (SSSR count). The molecule has 3 aromatic carbocycles. The van der Waals surface area contributed by atoms with Crippen LogP contribution in [0.2, 0.25) is 0 Å². The molecule has 0 saturated carbocycles. The van der Waals surface area contributed by atoms with Crippen molar-refractivity contribution in [3.63, 3.8) is 0 Å². The third kappa shape index (κ3) is 4.70. The van der Waals surface area contributed by atoms with Crippen molar-refractivity contribution < 1.29 is 9.84 Å². The molecule has 5 heteroatoms. The van der Waals surface area contributed by atoms with Gasteiger partial charge in [0.05, 0.1) is 11.6 Å². The summed E-state index contributed by atoms with van der Waals surface area (Å²) >= 11 is 0. The largest absolute Gasteiger partial charge is 0.487 e. The van der Waals surface area contributed by atoms with Crippen molar-refractivity contribution in [2.24, 2.45) is 0 Å². The van der Waals surface area contributed by atoms with E-state index >= 15 is 0 Å². The fourth-order valence-corrected chi connectivity index (χ4v) is 4.72. The van der Waals surface area contributed by atoms with Gasteiger partial charge in [0, 0.05) is 24.0 Å². The van der Waals surface area contributed by atoms with Gasteiger partial charge < -0.3 is 20.1 Å². The molecule has 1 aromatic heterocycles. The van der Waals surface area contributed by atoms with E-state index in [4.69, 9.17) is 4.74 Å². The van der Waals surface area contributed by atoms with Crippen LogP contribution in [0.3, 0.4) is 0 Å². The van der Waals surface area contributed by atoms with Crippen LogP contribution in [-0.4, -0.2) is 16.6 Å². The second-order valence-corrected chi connectivity index (χ2v) is 8.61. The molecule has 0 amide bonds. The van der Waals surface area contributed by atoms with Gasteiger partial charge >= 0.3 is 0 Å². The van der Waals surface area contributed by atoms with Crippen molar-refractivity contribution in [1.82, 2.24) is 10.3 Å². The molecule has 1 aliphatic rings. The summed E-state index contributed by atoms with van der Waals surface area (Å²) in [5.41, 5.74) is 4.94. The van der Waals surface area contributed by atoms with Gasteiger partial charge in [0.1, 0.15) is 12.4 Å². The number of aryl methyl sites for hydroxylation is 1. The molecule has 0 saturated heterocycles. The molecular weight excluding hydrogens is 412 g/mol. The zero-order valence-electron chi connectivity index (χ0n) is 18.5. The molecule has 0 spiro atoms. The monoisotopic (exact) mass is 440 g/mol. The van der Waals surface area contributed by atoms with Crippen LogP contribution in [0.4, 0.5) is 0 Å². The first-order chi connectivity index (χ1) is 16.2. The van der Waals surface area contributed by atoms with E-state index in [0.717, 1.165) is 35.8 Å². The average Bonchev–Trinajstić information content (AvgIpc) is 2.86. The highest BCUT2D eigenvalue weighted by Gasteiger charge is 2.21. The lowest BCUT2D eigenvalue weighted by Crippen LogP contribution is -2.29. The number of aromatic amines is 1. The Labute approximate surface area is 193 Å². The summed E-state index contributed by atoms with van der Waals surface area (Å²) in [5, 5.41) is 15.4. The first-order valence-electron chi connectivity index (χ1n) is 11.5. The van der Waals surface area contributed by atoms with Crippen LogP contribution in [0.5, 0.6) is 5.75 Å². The van der Waals surface area contributed by atoms with Crippen molar-refractivity contribution in [2.75, 3.05) is 6.54 Å². The SMILES string of the molecule is O=c1ccc2c([C@@H](O)CN[C@@H]3CCCc4ccccc43)ccc(OCc3ccccc3)c2[nH]1. The number of fused-ring (bicyclic) bond motifs is 2. The Bertz CT molecular complexity index is 1300. The Hall–Kier alpha value is -3.41. The van der Waals surface area contributed by atoms with E-state index in [0.29, 0.717) is 24.4 Å². The zero-order valence-corrected chi connectivity index (χ0v) is 18.5. The highest BCUT2D eigenvalue weighted by Crippen LogP contribution is 2.32. The van der Waals surface area contributed by atoms with Crippen molar-refractivity contribution in [3.05, 3.63) is 111 Å². The lowest BCUT2D eigenvalue weighted by atomic mass is 9.87. The van der Waals surface area contributed by atoms with Crippen molar-refractivity contribution >= 4 is 10.9 Å². The minimum atomic E-state index is -0.712. The van der Waals surface area contributed by atoms with Gasteiger partial charge in [0.2, 0.25) is 5.56 Å². The van der Waals surface area contributed by atoms with Crippen LogP contribution in [0.15, 0.2) is 83.7 Å². The summed E-state index contributed by atoms with van der Waals surface area (Å²) in [6.45, 7) is 0.828. The molecule has 2 atom stereocenters. The number of hydrogen-bond donors (Lipinski definition) is 3. The Morgan fingerprint density at radius 3 is 2.70 bits per heavy atom. The standard InChI is InChI=1S/C28H28N2O3/c31-25(17-29-24-12-6-10-20-9-4-5-11-21(20)24)22-13-15-26(28-23(22)14-16-27(32)30-28)33-18-19-7-2-1-3-8-19/h1-5,7-9,11,13-16,24-25,29,31H,6,10,12,17-18H2,(H,30,32)/t24-,25+/m1/s1. The number of H-pyrrole nitrogens is 1. The smallest absolute Gasteiger partial charge is 0.248 e. The predicted molar refractivity (Wildman–Crippen MR) is 130 cm³/mol. The van der Waals surface area contributed by atoms with Gasteiger partial charge in [-0.1, -0.05) is 60.7 Å². The number of aliphatic hydroxyl groups excluding tert-OH is 1. The number of hydrogen-bond acceptors (Lipinski definition) is 4. The van der Waals surface area contributed by atoms with Gasteiger partial charge in [0.25, 0.3) is 0 Å². The van der Waals surface area contributed by atoms with E-state index in [9.17, 15) is 9.90 Å². The Kier molecular flexibility index (Phi) is 6.24. The summed E-state index contributed by atoms with van der Waals surface area (Å²) in [4.78, 5) is 15.0. The molecule has 1 heterocycles. The molecule has 0 aliphatic heterocycles. The lowest BCUT2D eigenvalue weighted by molar-refractivity contribution is 0.169. The van der Waals surface area contributed by atoms with Gasteiger partial charge in [0.15, 0.2) is 0 Å². The van der Waals surface area contributed by atoms with E-state index in [1.165, 1.54) is 17.2 Å². The van der Waals surface area contributed by atoms with Gasteiger partial charge in [-0.15, -0.1) is 0 Å². The first-order valence-corrected chi connectivity index (χ1v) is 11.5. The topological polar surface area (TPSA) is 74.3 Å². The molecule has 4 aromatic rings. The summed E-state index contributed by atoms with van der Waals surface area (Å²) in [7, 11) is 0. The Morgan fingerprint density at radius 2 is 1.82 bits per heavy atom. The maximum atomic E-state index is 12.1. The van der Waals surface area contributed by atoms with E-state index in [-0.39, 0.29) is 11.6 Å². The van der Waals surface area contributed by atoms with Crippen molar-refractivity contribution in [1.29, 1.82) is 0 Å². The third-order valence-corrected chi connectivity index (χ3v) is 6.41. The maximum Gasteiger partial charge on any atom is 0.248 e. The maximum absolute atomic E-state index is 12.1. The van der Waals surface area contributed by atoms with Crippen LogP contribution in [0, 0.1) is 0 Å². The third-order valence-electron chi connectivity index (χ3n) is 6.41. The number of rotatable bonds is 7. The second-order valence-electron chi connectivity index (χ2n) is 8.61. The van der Waals surface area contributed by atoms with E-state index < -0.39 is 6.10 Å². The van der Waals surface area contributed by atoms with Crippen LogP contribution in [0.1, 0.15) is 47.2 Å². The van der Waals surface area contributed by atoms with E-state index in [2.05, 4.69) is 34.6 Å². The molecule has 0 bridgehead atoms. The summed E-state index contributed by atoms with van der Waals surface area (Å²) < 4.78 is 6.02. The fraction of sp³-hybridized carbons (Fsp3) is 0.250. The minimum absolute atomic E-state index is 0.198. The Balaban J connectivity index is 1.36. The Morgan fingerprint density at radius 1 is 1.00 bits per heavy atom. The zero-order chi connectivity index (χ0) is 22.6. The molecule has 0 fully saturated rings. The number of pyridine rings is 1. The van der Waals surface area contributed by atoms with Crippen LogP contribution < -0.4 is 15.6 Å². The molecule has 0 radical (unpaired) electrons. The second kappa shape index (κ2) is 9.61. The average molecular weight is 441 g/mol. The predicted octanol–water partition coefficient (Wildman–Crippen LogP) is 4.81. The van der Waals surface area contributed by atoms with Gasteiger partial charge in [-0.2, -0.15) is 0 Å². The number of ether oxygens (including phenoxy) is 1. The fourth-order valence-electron chi connectivity index (χ4n) is 4.72. The summed E-state index contributed by atoms with van der Waals surface area (Å²) in [6.07, 6.45) is 2.60. The number of aromatic nitrogens is 1. The highest BCUT2D eigenvalue weighted by atomic mass is 16.5. The number of nitrogens with one attached hydrogen (secondary N) is 2. The number of aliphatic hydroxyl groups is 1. The lowest BCUT2D eigenvalue weighted by Gasteiger charge is -2.27. The van der Waals surface area contributed by atoms with Crippen molar-refractivity contribution in [3.8, 4) is 5.75 Å². The molecule has 168 valence electrons. The van der Waals surface area contributed by atoms with Crippen molar-refractivity contribution in [2.45, 2.75) is 38.0 Å². The van der Waals surface area contributed by atoms with Crippen LogP contribution >= 0.6 is 0 Å². The molecule has 3 N–H and O–H groups in total. The summed E-state index contributed by atoms with van der Waals surface area (Å²) in [6, 6.07) is 25.6. The van der Waals surface area contributed by atoms with Gasteiger partial charge in [-0.25, -0.2) is 0 Å². The normalized spacial score (nSPS) is 16.3. The molecule has 33 heavy (non-hydrogen) atoms. The summed E-state index contributed by atoms with van der Waals surface area (Å²) in [5.74, 6) is 0.594. The van der Waals surface area contributed by atoms with E-state index in [1.54, 1.807) is 6.07 Å². The van der Waals surface area contributed by atoms with Gasteiger partial charge in [-0.05, 0) is 53.6 Å². The first kappa shape index (κ1) is 21.4. The molecular formula is C28H28N2O3. The molecule has 5 nitrogen and oxygen atoms in total. The molecule has 1 aliphatic carbocycles. The van der Waals surface area contributed by atoms with E-state index in [1.807, 2.05) is 42.5 Å². The van der Waals surface area contributed by atoms with Gasteiger partial charge in [-0.3, -0.25) is 4.79 Å². The quantitative estimate of drug-likeness (QED) is 0.386. The highest BCUT2D eigenvalue weighted by molar-refractivity contribution is 5.87. The number of benzene rings is 3.